The number of rotatable bonds is 5. The molecule has 0 spiro atoms. The molecule has 0 saturated heterocycles. The van der Waals surface area contributed by atoms with Crippen molar-refractivity contribution in [2.45, 2.75) is 19.5 Å². The molecule has 1 rings (SSSR count). The van der Waals surface area contributed by atoms with Crippen LogP contribution in [-0.4, -0.2) is 23.5 Å². The average molecular weight is 311 g/mol. The van der Waals surface area contributed by atoms with Crippen molar-refractivity contribution in [2.75, 3.05) is 5.32 Å². The van der Waals surface area contributed by atoms with Crippen molar-refractivity contribution in [3.8, 4) is 5.75 Å². The smallest absolute Gasteiger partial charge is 0.461 e. The number of benzene rings is 1. The molecule has 2 N–H and O–H groups in total. The number of carbonyl (C=O) groups is 1. The van der Waals surface area contributed by atoms with E-state index in [1.807, 2.05) is 5.32 Å². The third kappa shape index (κ3) is 4.62. The van der Waals surface area contributed by atoms with E-state index in [1.165, 1.54) is 0 Å². The Bertz CT molecular complexity index is 538. The van der Waals surface area contributed by atoms with Crippen molar-refractivity contribution in [2.24, 2.45) is 0 Å². The second kappa shape index (κ2) is 6.42. The maximum absolute atomic E-state index is 13.0. The number of carbonyl (C=O) groups excluding carboxylic acids is 1. The fourth-order valence-corrected chi connectivity index (χ4v) is 1.16. The van der Waals surface area contributed by atoms with E-state index in [2.05, 4.69) is 4.74 Å². The zero-order valence-electron chi connectivity index (χ0n) is 10.5. The topological polar surface area (TPSA) is 58.6 Å². The van der Waals surface area contributed by atoms with Crippen LogP contribution < -0.4 is 10.1 Å². The number of alkyl halides is 4. The van der Waals surface area contributed by atoms with Gasteiger partial charge in [0.25, 0.3) is 5.91 Å². The van der Waals surface area contributed by atoms with Crippen LogP contribution in [0.15, 0.2) is 35.9 Å². The fraction of sp³-hybridized carbons (Fsp3) is 0.250. The number of nitrogens with one attached hydrogen (secondary N) is 1. The monoisotopic (exact) mass is 311 g/mol. The predicted molar refractivity (Wildman–Crippen MR) is 63.1 cm³/mol. The van der Waals surface area contributed by atoms with E-state index < -0.39 is 35.8 Å². The highest BCUT2D eigenvalue weighted by atomic mass is 19.3. The molecule has 0 unspecified atom stereocenters. The van der Waals surface area contributed by atoms with E-state index in [9.17, 15) is 26.7 Å². The van der Waals surface area contributed by atoms with Gasteiger partial charge in [-0.25, -0.2) is 0 Å². The molecule has 0 bridgehead atoms. The van der Waals surface area contributed by atoms with E-state index >= 15 is 0 Å². The molecule has 116 valence electrons. The molecule has 0 aliphatic carbocycles. The SMILES string of the molecule is CC(O)=C(F)C(=O)Nc1ccc(OC(F)(F)C(F)F)cc1. The van der Waals surface area contributed by atoms with Crippen molar-refractivity contribution < 1.29 is 36.6 Å². The molecular weight excluding hydrogens is 301 g/mol. The van der Waals surface area contributed by atoms with Crippen molar-refractivity contribution in [1.29, 1.82) is 0 Å². The minimum absolute atomic E-state index is 0.0101. The van der Waals surface area contributed by atoms with Crippen LogP contribution in [0.4, 0.5) is 27.6 Å². The first-order chi connectivity index (χ1) is 9.63. The summed E-state index contributed by atoms with van der Waals surface area (Å²) in [5.41, 5.74) is -0.0101. The Labute approximate surface area is 115 Å². The molecule has 0 fully saturated rings. The number of anilines is 1. The zero-order valence-corrected chi connectivity index (χ0v) is 10.5. The number of ether oxygens (including phenoxy) is 1. The normalized spacial score (nSPS) is 12.9. The third-order valence-corrected chi connectivity index (χ3v) is 2.14. The Kier molecular flexibility index (Phi) is 5.12. The minimum atomic E-state index is -4.65. The van der Waals surface area contributed by atoms with Gasteiger partial charge in [0.2, 0.25) is 5.83 Å². The summed E-state index contributed by atoms with van der Waals surface area (Å²) in [5, 5.41) is 10.8. The van der Waals surface area contributed by atoms with Gasteiger partial charge in [-0.3, -0.25) is 4.79 Å². The molecular formula is C12H10F5NO3. The van der Waals surface area contributed by atoms with Crippen LogP contribution in [0.25, 0.3) is 0 Å². The first-order valence-electron chi connectivity index (χ1n) is 5.45. The van der Waals surface area contributed by atoms with Gasteiger partial charge >= 0.3 is 12.5 Å². The lowest BCUT2D eigenvalue weighted by Crippen LogP contribution is -2.33. The molecule has 4 nitrogen and oxygen atoms in total. The lowest BCUT2D eigenvalue weighted by Gasteiger charge is -2.16. The van der Waals surface area contributed by atoms with Crippen molar-refractivity contribution in [1.82, 2.24) is 0 Å². The molecule has 0 radical (unpaired) electrons. The summed E-state index contributed by atoms with van der Waals surface area (Å²) >= 11 is 0. The van der Waals surface area contributed by atoms with Gasteiger partial charge in [-0.15, -0.1) is 0 Å². The Hall–Kier alpha value is -2.32. The van der Waals surface area contributed by atoms with Gasteiger partial charge < -0.3 is 15.2 Å². The van der Waals surface area contributed by atoms with Crippen LogP contribution in [0.1, 0.15) is 6.92 Å². The van der Waals surface area contributed by atoms with E-state index in [-0.39, 0.29) is 5.69 Å². The molecule has 1 aromatic carbocycles. The molecule has 0 heterocycles. The van der Waals surface area contributed by atoms with Crippen LogP contribution >= 0.6 is 0 Å². The number of aliphatic hydroxyl groups is 1. The number of hydrogen-bond acceptors (Lipinski definition) is 3. The summed E-state index contributed by atoms with van der Waals surface area (Å²) < 4.78 is 65.8. The van der Waals surface area contributed by atoms with Crippen LogP contribution in [0, 0.1) is 0 Å². The number of amides is 1. The van der Waals surface area contributed by atoms with Gasteiger partial charge in [0.15, 0.2) is 0 Å². The largest absolute Gasteiger partial charge is 0.509 e. The van der Waals surface area contributed by atoms with Gasteiger partial charge in [-0.1, -0.05) is 0 Å². The molecule has 0 aromatic heterocycles. The molecule has 1 amide bonds. The molecule has 0 saturated carbocycles. The Morgan fingerprint density at radius 2 is 1.81 bits per heavy atom. The summed E-state index contributed by atoms with van der Waals surface area (Å²) in [6, 6.07) is 3.85. The number of allylic oxidation sites excluding steroid dienone is 1. The Morgan fingerprint density at radius 3 is 2.24 bits per heavy atom. The first kappa shape index (κ1) is 16.7. The Balaban J connectivity index is 2.76. The maximum atomic E-state index is 13.0. The molecule has 0 aliphatic rings. The van der Waals surface area contributed by atoms with Crippen LogP contribution in [0.3, 0.4) is 0 Å². The van der Waals surface area contributed by atoms with Crippen molar-refractivity contribution in [3.63, 3.8) is 0 Å². The second-order valence-corrected chi connectivity index (χ2v) is 3.84. The van der Waals surface area contributed by atoms with Crippen LogP contribution in [0.5, 0.6) is 5.75 Å². The number of aliphatic hydroxyl groups excluding tert-OH is 1. The fourth-order valence-electron chi connectivity index (χ4n) is 1.16. The summed E-state index contributed by atoms with van der Waals surface area (Å²) in [7, 11) is 0. The molecule has 9 heteroatoms. The van der Waals surface area contributed by atoms with Gasteiger partial charge in [-0.05, 0) is 31.2 Å². The number of halogens is 5. The minimum Gasteiger partial charge on any atom is -0.509 e. The summed E-state index contributed by atoms with van der Waals surface area (Å²) in [6.07, 6.45) is -8.64. The van der Waals surface area contributed by atoms with E-state index in [0.717, 1.165) is 31.2 Å². The lowest BCUT2D eigenvalue weighted by molar-refractivity contribution is -0.253. The van der Waals surface area contributed by atoms with Crippen molar-refractivity contribution in [3.05, 3.63) is 35.9 Å². The van der Waals surface area contributed by atoms with E-state index in [0.29, 0.717) is 0 Å². The average Bonchev–Trinajstić information content (AvgIpc) is 2.39. The molecule has 0 atom stereocenters. The molecule has 0 aliphatic heterocycles. The van der Waals surface area contributed by atoms with Gasteiger partial charge in [0, 0.05) is 5.69 Å². The summed E-state index contributed by atoms with van der Waals surface area (Å²) in [6.45, 7) is 0.957. The predicted octanol–water partition coefficient (Wildman–Crippen LogP) is 3.62. The highest BCUT2D eigenvalue weighted by molar-refractivity contribution is 6.02. The first-order valence-corrected chi connectivity index (χ1v) is 5.45. The van der Waals surface area contributed by atoms with Gasteiger partial charge in [0.1, 0.15) is 11.5 Å². The zero-order chi connectivity index (χ0) is 16.2. The van der Waals surface area contributed by atoms with E-state index in [4.69, 9.17) is 5.11 Å². The third-order valence-electron chi connectivity index (χ3n) is 2.14. The molecule has 21 heavy (non-hydrogen) atoms. The second-order valence-electron chi connectivity index (χ2n) is 3.84. The lowest BCUT2D eigenvalue weighted by atomic mass is 10.3. The van der Waals surface area contributed by atoms with Gasteiger partial charge in [0.05, 0.1) is 0 Å². The standard InChI is InChI=1S/C12H10F5NO3/c1-6(19)9(13)10(20)18-7-2-4-8(5-3-7)21-12(16,17)11(14)15/h2-5,11,19H,1H3,(H,18,20). The van der Waals surface area contributed by atoms with Crippen LogP contribution in [-0.2, 0) is 4.79 Å². The number of hydrogen-bond donors (Lipinski definition) is 2. The summed E-state index contributed by atoms with van der Waals surface area (Å²) in [5.74, 6) is -4.06. The maximum Gasteiger partial charge on any atom is 0.461 e. The Morgan fingerprint density at radius 1 is 1.29 bits per heavy atom. The highest BCUT2D eigenvalue weighted by Crippen LogP contribution is 2.28. The van der Waals surface area contributed by atoms with E-state index in [1.54, 1.807) is 0 Å². The van der Waals surface area contributed by atoms with Crippen molar-refractivity contribution >= 4 is 11.6 Å². The summed E-state index contributed by atoms with van der Waals surface area (Å²) in [4.78, 5) is 11.2. The molecule has 1 aromatic rings. The quantitative estimate of drug-likeness (QED) is 0.496. The highest BCUT2D eigenvalue weighted by Gasteiger charge is 2.43. The van der Waals surface area contributed by atoms with Gasteiger partial charge in [-0.2, -0.15) is 22.0 Å². The van der Waals surface area contributed by atoms with Crippen LogP contribution in [0.2, 0.25) is 0 Å².